The van der Waals surface area contributed by atoms with Crippen LogP contribution in [0.5, 0.6) is 0 Å². The Morgan fingerprint density at radius 1 is 1.06 bits per heavy atom. The molecule has 0 aliphatic rings. The second kappa shape index (κ2) is 9.04. The number of hydrogen-bond acceptors (Lipinski definition) is 5. The number of amides is 1. The number of pyridine rings is 1. The largest absolute Gasteiger partial charge is 0.443 e. The predicted octanol–water partition coefficient (Wildman–Crippen LogP) is 4.61. The number of benzene rings is 2. The van der Waals surface area contributed by atoms with Crippen LogP contribution in [0.2, 0.25) is 0 Å². The third kappa shape index (κ3) is 5.22. The van der Waals surface area contributed by atoms with E-state index in [0.29, 0.717) is 22.6 Å². The molecule has 7 heteroatoms. The Balaban J connectivity index is 1.33. The van der Waals surface area contributed by atoms with E-state index >= 15 is 0 Å². The van der Waals surface area contributed by atoms with Gasteiger partial charge in [-0.3, -0.25) is 10.1 Å². The fraction of sp³-hybridized carbons (Fsp3) is 0.0833. The third-order valence-electron chi connectivity index (χ3n) is 4.55. The Kier molecular flexibility index (Phi) is 5.84. The average Bonchev–Trinajstić information content (AvgIpc) is 3.21. The Labute approximate surface area is 179 Å². The molecule has 2 heterocycles. The fourth-order valence-corrected chi connectivity index (χ4v) is 2.98. The smallest absolute Gasteiger partial charge is 0.412 e. The van der Waals surface area contributed by atoms with Gasteiger partial charge in [-0.15, -0.1) is 0 Å². The lowest BCUT2D eigenvalue weighted by atomic mass is 10.1. The monoisotopic (exact) mass is 412 g/mol. The summed E-state index contributed by atoms with van der Waals surface area (Å²) in [6, 6.07) is 18.3. The number of rotatable bonds is 6. The number of ketones is 1. The van der Waals surface area contributed by atoms with E-state index in [1.807, 2.05) is 43.4 Å². The van der Waals surface area contributed by atoms with Crippen LogP contribution < -0.4 is 5.32 Å². The minimum absolute atomic E-state index is 0.0802. The van der Waals surface area contributed by atoms with Crippen molar-refractivity contribution in [2.24, 2.45) is 7.05 Å². The summed E-state index contributed by atoms with van der Waals surface area (Å²) < 4.78 is 6.90. The van der Waals surface area contributed by atoms with Crippen LogP contribution >= 0.6 is 0 Å². The van der Waals surface area contributed by atoms with Gasteiger partial charge >= 0.3 is 6.09 Å². The molecule has 0 saturated heterocycles. The van der Waals surface area contributed by atoms with E-state index in [1.54, 1.807) is 47.4 Å². The number of fused-ring (bicyclic) bond motifs is 1. The van der Waals surface area contributed by atoms with E-state index in [9.17, 15) is 9.59 Å². The lowest BCUT2D eigenvalue weighted by Crippen LogP contribution is -2.13. The summed E-state index contributed by atoms with van der Waals surface area (Å²) in [6.07, 6.45) is 5.99. The molecule has 2 aromatic heterocycles. The SMILES string of the molecule is Cn1cnc(COC(=O)Nc2ccc(C(=O)/C=C/c3ccc4ccccc4n3)cc2)c1. The highest BCUT2D eigenvalue weighted by Gasteiger charge is 2.07. The predicted molar refractivity (Wildman–Crippen MR) is 119 cm³/mol. The molecule has 0 atom stereocenters. The Hall–Kier alpha value is -4.26. The zero-order valence-corrected chi connectivity index (χ0v) is 16.9. The average molecular weight is 412 g/mol. The van der Waals surface area contributed by atoms with Crippen molar-refractivity contribution in [2.45, 2.75) is 6.61 Å². The summed E-state index contributed by atoms with van der Waals surface area (Å²) in [6.45, 7) is 0.0802. The molecule has 31 heavy (non-hydrogen) atoms. The zero-order valence-electron chi connectivity index (χ0n) is 16.9. The number of nitrogens with one attached hydrogen (secondary N) is 1. The van der Waals surface area contributed by atoms with Crippen molar-refractivity contribution in [3.8, 4) is 0 Å². The van der Waals surface area contributed by atoms with Crippen molar-refractivity contribution in [1.29, 1.82) is 0 Å². The van der Waals surface area contributed by atoms with Gasteiger partial charge in [-0.05, 0) is 48.6 Å². The zero-order chi connectivity index (χ0) is 21.6. The van der Waals surface area contributed by atoms with Crippen molar-refractivity contribution in [3.63, 3.8) is 0 Å². The normalized spacial score (nSPS) is 11.0. The van der Waals surface area contributed by atoms with Crippen molar-refractivity contribution in [2.75, 3.05) is 5.32 Å². The minimum atomic E-state index is -0.591. The number of para-hydroxylation sites is 1. The molecule has 0 aliphatic carbocycles. The van der Waals surface area contributed by atoms with Gasteiger partial charge in [-0.2, -0.15) is 0 Å². The Bertz CT molecular complexity index is 1260. The maximum atomic E-state index is 12.4. The van der Waals surface area contributed by atoms with Crippen molar-refractivity contribution in [1.82, 2.24) is 14.5 Å². The molecule has 1 N–H and O–H groups in total. The Morgan fingerprint density at radius 2 is 1.87 bits per heavy atom. The molecule has 0 saturated carbocycles. The maximum Gasteiger partial charge on any atom is 0.412 e. The van der Waals surface area contributed by atoms with Gasteiger partial charge in [-0.1, -0.05) is 24.3 Å². The number of ether oxygens (including phenoxy) is 1. The molecular formula is C24H20N4O3. The van der Waals surface area contributed by atoms with Crippen molar-refractivity contribution in [3.05, 3.63) is 96.2 Å². The van der Waals surface area contributed by atoms with Crippen molar-refractivity contribution >= 4 is 34.5 Å². The number of allylic oxidation sites excluding steroid dienone is 1. The molecule has 154 valence electrons. The van der Waals surface area contributed by atoms with Crippen LogP contribution in [0.15, 0.2) is 79.3 Å². The number of nitrogens with zero attached hydrogens (tertiary/aromatic N) is 3. The summed E-state index contributed by atoms with van der Waals surface area (Å²) in [5, 5.41) is 3.67. The van der Waals surface area contributed by atoms with Crippen LogP contribution in [0.4, 0.5) is 10.5 Å². The molecule has 0 radical (unpaired) electrons. The molecule has 0 spiro atoms. The molecule has 7 nitrogen and oxygen atoms in total. The van der Waals surface area contributed by atoms with Gasteiger partial charge < -0.3 is 9.30 Å². The van der Waals surface area contributed by atoms with Crippen LogP contribution in [0, 0.1) is 0 Å². The number of anilines is 1. The number of imidazole rings is 1. The molecular weight excluding hydrogens is 392 g/mol. The van der Waals surface area contributed by atoms with E-state index in [2.05, 4.69) is 15.3 Å². The number of aryl methyl sites for hydroxylation is 1. The number of aromatic nitrogens is 3. The second-order valence-corrected chi connectivity index (χ2v) is 6.94. The lowest BCUT2D eigenvalue weighted by Gasteiger charge is -2.06. The molecule has 0 bridgehead atoms. The quantitative estimate of drug-likeness (QED) is 0.369. The summed E-state index contributed by atoms with van der Waals surface area (Å²) >= 11 is 0. The van der Waals surface area contributed by atoms with Gasteiger partial charge in [0.05, 0.1) is 23.2 Å². The van der Waals surface area contributed by atoms with E-state index in [1.165, 1.54) is 6.08 Å². The maximum absolute atomic E-state index is 12.4. The van der Waals surface area contributed by atoms with Crippen LogP contribution in [-0.4, -0.2) is 26.4 Å². The molecule has 4 rings (SSSR count). The summed E-state index contributed by atoms with van der Waals surface area (Å²) in [4.78, 5) is 33.0. The summed E-state index contributed by atoms with van der Waals surface area (Å²) in [7, 11) is 1.84. The first-order chi connectivity index (χ1) is 15.1. The van der Waals surface area contributed by atoms with Gasteiger partial charge in [0.15, 0.2) is 5.78 Å². The van der Waals surface area contributed by atoms with E-state index in [0.717, 1.165) is 10.9 Å². The van der Waals surface area contributed by atoms with E-state index in [4.69, 9.17) is 4.74 Å². The molecule has 0 fully saturated rings. The van der Waals surface area contributed by atoms with Crippen LogP contribution in [0.1, 0.15) is 21.7 Å². The number of carbonyl (C=O) groups excluding carboxylic acids is 2. The second-order valence-electron chi connectivity index (χ2n) is 6.94. The lowest BCUT2D eigenvalue weighted by molar-refractivity contribution is 0.104. The first-order valence-electron chi connectivity index (χ1n) is 9.66. The minimum Gasteiger partial charge on any atom is -0.443 e. The van der Waals surface area contributed by atoms with E-state index in [-0.39, 0.29) is 12.4 Å². The Morgan fingerprint density at radius 3 is 2.65 bits per heavy atom. The van der Waals surface area contributed by atoms with Crippen LogP contribution in [-0.2, 0) is 18.4 Å². The first kappa shape index (κ1) is 20.0. The molecule has 2 aromatic carbocycles. The van der Waals surface area contributed by atoms with Gasteiger partial charge in [0.1, 0.15) is 6.61 Å². The molecule has 4 aromatic rings. The van der Waals surface area contributed by atoms with Crippen LogP contribution in [0.3, 0.4) is 0 Å². The summed E-state index contributed by atoms with van der Waals surface area (Å²) in [5.74, 6) is -0.153. The van der Waals surface area contributed by atoms with Gasteiger partial charge in [0, 0.05) is 29.9 Å². The van der Waals surface area contributed by atoms with Gasteiger partial charge in [0.25, 0.3) is 0 Å². The highest BCUT2D eigenvalue weighted by molar-refractivity contribution is 6.07. The van der Waals surface area contributed by atoms with E-state index < -0.39 is 6.09 Å². The van der Waals surface area contributed by atoms with Gasteiger partial charge in [0.2, 0.25) is 0 Å². The highest BCUT2D eigenvalue weighted by atomic mass is 16.5. The fourth-order valence-electron chi connectivity index (χ4n) is 2.98. The van der Waals surface area contributed by atoms with Crippen molar-refractivity contribution < 1.29 is 14.3 Å². The molecule has 0 aliphatic heterocycles. The third-order valence-corrected chi connectivity index (χ3v) is 4.55. The number of carbonyl (C=O) groups is 2. The highest BCUT2D eigenvalue weighted by Crippen LogP contribution is 2.14. The standard InChI is InChI=1S/C24H20N4O3/c1-28-14-21(25-16-28)15-31-24(30)27-20-10-7-18(8-11-20)23(29)13-12-19-9-6-17-4-2-3-5-22(17)26-19/h2-14,16H,15H2,1H3,(H,27,30)/b13-12+. The van der Waals surface area contributed by atoms with Gasteiger partial charge in [-0.25, -0.2) is 14.8 Å². The topological polar surface area (TPSA) is 86.1 Å². The summed E-state index contributed by atoms with van der Waals surface area (Å²) in [5.41, 5.74) is 3.28. The first-order valence-corrected chi connectivity index (χ1v) is 9.66. The molecule has 0 unspecified atom stereocenters. The molecule has 1 amide bonds. The van der Waals surface area contributed by atoms with Crippen LogP contribution in [0.25, 0.3) is 17.0 Å². The number of hydrogen-bond donors (Lipinski definition) is 1.